The van der Waals surface area contributed by atoms with Crippen molar-refractivity contribution in [3.8, 4) is 5.88 Å². The van der Waals surface area contributed by atoms with Crippen LogP contribution in [0.3, 0.4) is 0 Å². The molecule has 0 radical (unpaired) electrons. The molecule has 0 unspecified atom stereocenters. The van der Waals surface area contributed by atoms with Crippen molar-refractivity contribution in [1.82, 2.24) is 4.57 Å². The van der Waals surface area contributed by atoms with Crippen LogP contribution in [0.5, 0.6) is 5.88 Å². The van der Waals surface area contributed by atoms with E-state index in [0.29, 0.717) is 18.5 Å². The maximum atomic E-state index is 11.9. The van der Waals surface area contributed by atoms with E-state index in [4.69, 9.17) is 4.55 Å². The summed E-state index contributed by atoms with van der Waals surface area (Å²) >= 11 is 0. The second kappa shape index (κ2) is 4.89. The summed E-state index contributed by atoms with van der Waals surface area (Å²) in [7, 11) is -4.26. The van der Waals surface area contributed by atoms with Crippen LogP contribution in [-0.2, 0) is 22.4 Å². The predicted molar refractivity (Wildman–Crippen MR) is 62.6 cm³/mol. The van der Waals surface area contributed by atoms with Gasteiger partial charge in [0.2, 0.25) is 0 Å². The summed E-state index contributed by atoms with van der Waals surface area (Å²) < 4.78 is 31.5. The summed E-state index contributed by atoms with van der Waals surface area (Å²) in [4.78, 5) is 11.9. The summed E-state index contributed by atoms with van der Waals surface area (Å²) in [6, 6.07) is 1.32. The average molecular weight is 261 g/mol. The molecule has 0 saturated carbocycles. The fraction of sp³-hybridized carbons (Fsp3) is 0.500. The summed E-state index contributed by atoms with van der Waals surface area (Å²) in [6.07, 6.45) is 0.627. The van der Waals surface area contributed by atoms with Crippen molar-refractivity contribution >= 4 is 10.1 Å². The lowest BCUT2D eigenvalue weighted by Gasteiger charge is -2.11. The van der Waals surface area contributed by atoms with Crippen LogP contribution in [-0.4, -0.2) is 22.6 Å². The lowest BCUT2D eigenvalue weighted by atomic mass is 10.2. The van der Waals surface area contributed by atoms with Crippen molar-refractivity contribution in [2.45, 2.75) is 32.6 Å². The monoisotopic (exact) mass is 261 g/mol. The van der Waals surface area contributed by atoms with Crippen LogP contribution in [0.4, 0.5) is 0 Å². The van der Waals surface area contributed by atoms with Gasteiger partial charge < -0.3 is 5.11 Å². The van der Waals surface area contributed by atoms with Gasteiger partial charge in [-0.1, -0.05) is 6.92 Å². The zero-order chi connectivity index (χ0) is 13.2. The Morgan fingerprint density at radius 3 is 2.47 bits per heavy atom. The minimum Gasteiger partial charge on any atom is -0.494 e. The first kappa shape index (κ1) is 13.7. The highest BCUT2D eigenvalue weighted by Crippen LogP contribution is 2.14. The highest BCUT2D eigenvalue weighted by atomic mass is 32.2. The van der Waals surface area contributed by atoms with Crippen molar-refractivity contribution in [3.63, 3.8) is 0 Å². The van der Waals surface area contributed by atoms with Crippen molar-refractivity contribution in [1.29, 1.82) is 0 Å². The number of aryl methyl sites for hydroxylation is 1. The molecule has 0 aliphatic heterocycles. The number of aromatic hydroxyl groups is 1. The van der Waals surface area contributed by atoms with Crippen LogP contribution in [0, 0.1) is 6.92 Å². The van der Waals surface area contributed by atoms with E-state index in [9.17, 15) is 18.3 Å². The minimum atomic E-state index is -4.26. The van der Waals surface area contributed by atoms with Crippen LogP contribution >= 0.6 is 0 Å². The Kier molecular flexibility index (Phi) is 3.94. The van der Waals surface area contributed by atoms with Gasteiger partial charge in [0.25, 0.3) is 15.7 Å². The predicted octanol–water partition coefficient (Wildman–Crippen LogP) is 0.660. The molecule has 2 N–H and O–H groups in total. The fourth-order valence-corrected chi connectivity index (χ4v) is 2.31. The van der Waals surface area contributed by atoms with E-state index in [1.807, 2.05) is 6.92 Å². The maximum absolute atomic E-state index is 11.9. The fourth-order valence-electron chi connectivity index (χ4n) is 1.59. The molecule has 0 aromatic carbocycles. The Balaban J connectivity index is 3.41. The number of hydrogen-bond acceptors (Lipinski definition) is 4. The summed E-state index contributed by atoms with van der Waals surface area (Å²) in [5.41, 5.74) is -0.252. The Labute approximate surface area is 99.3 Å². The van der Waals surface area contributed by atoms with Gasteiger partial charge in [-0.25, -0.2) is 0 Å². The van der Waals surface area contributed by atoms with Crippen molar-refractivity contribution < 1.29 is 18.1 Å². The Bertz CT molecular complexity index is 573. The molecule has 1 rings (SSSR count). The largest absolute Gasteiger partial charge is 0.494 e. The third-order valence-corrected chi connectivity index (χ3v) is 3.03. The number of pyridine rings is 1. The lowest BCUT2D eigenvalue weighted by Crippen LogP contribution is -2.26. The number of aromatic nitrogens is 1. The zero-order valence-electron chi connectivity index (χ0n) is 9.67. The molecule has 7 heteroatoms. The molecule has 0 amide bonds. The molecule has 0 atom stereocenters. The van der Waals surface area contributed by atoms with Gasteiger partial charge in [0.05, 0.1) is 0 Å². The van der Waals surface area contributed by atoms with Crippen LogP contribution < -0.4 is 5.56 Å². The van der Waals surface area contributed by atoms with Gasteiger partial charge in [0.1, 0.15) is 5.75 Å². The molecule has 17 heavy (non-hydrogen) atoms. The van der Waals surface area contributed by atoms with Crippen molar-refractivity contribution in [2.24, 2.45) is 0 Å². The minimum absolute atomic E-state index is 0.0150. The molecule has 0 saturated heterocycles. The van der Waals surface area contributed by atoms with E-state index < -0.39 is 21.4 Å². The summed E-state index contributed by atoms with van der Waals surface area (Å²) in [5, 5.41) is 9.58. The van der Waals surface area contributed by atoms with Gasteiger partial charge >= 0.3 is 0 Å². The second-order valence-electron chi connectivity index (χ2n) is 3.85. The lowest BCUT2D eigenvalue weighted by molar-refractivity contribution is 0.402. The van der Waals surface area contributed by atoms with E-state index in [0.717, 1.165) is 4.57 Å². The first-order valence-corrected chi connectivity index (χ1v) is 6.74. The van der Waals surface area contributed by atoms with E-state index in [2.05, 4.69) is 0 Å². The van der Waals surface area contributed by atoms with Gasteiger partial charge in [-0.05, 0) is 18.9 Å². The second-order valence-corrected chi connectivity index (χ2v) is 5.30. The molecule has 96 valence electrons. The van der Waals surface area contributed by atoms with Crippen LogP contribution in [0.1, 0.15) is 24.5 Å². The van der Waals surface area contributed by atoms with Crippen LogP contribution in [0.15, 0.2) is 10.9 Å². The molecule has 0 bridgehead atoms. The molecule has 0 fully saturated rings. The van der Waals surface area contributed by atoms with Crippen LogP contribution in [0.25, 0.3) is 0 Å². The molecule has 1 heterocycles. The topological polar surface area (TPSA) is 96.6 Å². The van der Waals surface area contributed by atoms with E-state index >= 15 is 0 Å². The Morgan fingerprint density at radius 2 is 2.00 bits per heavy atom. The van der Waals surface area contributed by atoms with Gasteiger partial charge in [-0.2, -0.15) is 8.42 Å². The van der Waals surface area contributed by atoms with E-state index in [-0.39, 0.29) is 11.4 Å². The number of hydrogen-bond donors (Lipinski definition) is 2. The van der Waals surface area contributed by atoms with Gasteiger partial charge in [0, 0.05) is 18.2 Å². The normalized spacial score (nSPS) is 11.7. The molecular formula is C10H15NO5S. The highest BCUT2D eigenvalue weighted by Gasteiger charge is 2.16. The standard InChI is InChI=1S/C10H15NO5S/c1-3-4-11-9(12)5-7(2)8(10(11)13)6-17(14,15)16/h5,12H,3-4,6H2,1-2H3,(H,14,15,16). The van der Waals surface area contributed by atoms with Gasteiger partial charge in [0.15, 0.2) is 5.88 Å². The van der Waals surface area contributed by atoms with Crippen LogP contribution in [0.2, 0.25) is 0 Å². The molecule has 6 nitrogen and oxygen atoms in total. The highest BCUT2D eigenvalue weighted by molar-refractivity contribution is 7.85. The zero-order valence-corrected chi connectivity index (χ0v) is 10.5. The van der Waals surface area contributed by atoms with E-state index in [1.165, 1.54) is 13.0 Å². The SMILES string of the molecule is CCCn1c(O)cc(C)c(CS(=O)(=O)O)c1=O. The summed E-state index contributed by atoms with van der Waals surface area (Å²) in [5.74, 6) is -0.935. The van der Waals surface area contributed by atoms with Crippen molar-refractivity contribution in [3.05, 3.63) is 27.5 Å². The first-order chi connectivity index (χ1) is 7.76. The maximum Gasteiger partial charge on any atom is 0.269 e. The molecule has 1 aromatic heterocycles. The van der Waals surface area contributed by atoms with Gasteiger partial charge in [-0.15, -0.1) is 0 Å². The van der Waals surface area contributed by atoms with E-state index in [1.54, 1.807) is 0 Å². The quantitative estimate of drug-likeness (QED) is 0.776. The Hall–Kier alpha value is -1.34. The first-order valence-electron chi connectivity index (χ1n) is 5.13. The Morgan fingerprint density at radius 1 is 1.41 bits per heavy atom. The molecule has 0 aliphatic carbocycles. The number of rotatable bonds is 4. The van der Waals surface area contributed by atoms with Crippen molar-refractivity contribution in [2.75, 3.05) is 0 Å². The molecule has 0 spiro atoms. The number of nitrogens with zero attached hydrogens (tertiary/aromatic N) is 1. The molecule has 1 aromatic rings. The molecule has 0 aliphatic rings. The third kappa shape index (κ3) is 3.31. The molecular weight excluding hydrogens is 246 g/mol. The third-order valence-electron chi connectivity index (χ3n) is 2.38. The van der Waals surface area contributed by atoms with Gasteiger partial charge in [-0.3, -0.25) is 13.9 Å². The summed E-state index contributed by atoms with van der Waals surface area (Å²) in [6.45, 7) is 3.63. The average Bonchev–Trinajstić information content (AvgIpc) is 2.18. The smallest absolute Gasteiger partial charge is 0.269 e.